The summed E-state index contributed by atoms with van der Waals surface area (Å²) in [6.07, 6.45) is 4.22. The van der Waals surface area contributed by atoms with E-state index in [-0.39, 0.29) is 0 Å². The molecule has 0 saturated carbocycles. The van der Waals surface area contributed by atoms with Crippen LogP contribution in [0.15, 0.2) is 0 Å². The highest BCUT2D eigenvalue weighted by atomic mass is 16.5. The summed E-state index contributed by atoms with van der Waals surface area (Å²) in [6, 6.07) is 0.664. The van der Waals surface area contributed by atoms with Gasteiger partial charge in [-0.25, -0.2) is 0 Å². The summed E-state index contributed by atoms with van der Waals surface area (Å²) < 4.78 is 5.82. The van der Waals surface area contributed by atoms with E-state index in [4.69, 9.17) is 4.74 Å². The van der Waals surface area contributed by atoms with Gasteiger partial charge >= 0.3 is 0 Å². The molecule has 2 rings (SSSR count). The minimum atomic E-state index is 0.515. The molecule has 2 aliphatic rings. The maximum atomic E-state index is 5.82. The van der Waals surface area contributed by atoms with Crippen molar-refractivity contribution in [1.29, 1.82) is 0 Å². The summed E-state index contributed by atoms with van der Waals surface area (Å²) in [5.41, 5.74) is 0. The predicted octanol–water partition coefficient (Wildman–Crippen LogP) is 2.12. The number of hydrogen-bond acceptors (Lipinski definition) is 3. The van der Waals surface area contributed by atoms with E-state index in [1.165, 1.54) is 38.9 Å². The minimum absolute atomic E-state index is 0.515. The second-order valence-electron chi connectivity index (χ2n) is 6.33. The van der Waals surface area contributed by atoms with Crippen LogP contribution in [0.3, 0.4) is 0 Å². The zero-order valence-electron chi connectivity index (χ0n) is 12.3. The Labute approximate surface area is 112 Å². The van der Waals surface area contributed by atoms with Crippen molar-refractivity contribution >= 4 is 0 Å². The Kier molecular flexibility index (Phi) is 5.46. The molecule has 4 unspecified atom stereocenters. The van der Waals surface area contributed by atoms with Crippen molar-refractivity contribution in [1.82, 2.24) is 10.2 Å². The lowest BCUT2D eigenvalue weighted by Gasteiger charge is -2.33. The van der Waals surface area contributed by atoms with Gasteiger partial charge in [0.05, 0.1) is 6.10 Å². The fourth-order valence-electron chi connectivity index (χ4n) is 3.33. The minimum Gasteiger partial charge on any atom is -0.378 e. The van der Waals surface area contributed by atoms with Gasteiger partial charge in [0.1, 0.15) is 0 Å². The number of hydrogen-bond donors (Lipinski definition) is 1. The topological polar surface area (TPSA) is 24.5 Å². The third-order valence-electron chi connectivity index (χ3n) is 4.50. The monoisotopic (exact) mass is 254 g/mol. The highest BCUT2D eigenvalue weighted by Crippen LogP contribution is 2.25. The van der Waals surface area contributed by atoms with Crippen LogP contribution in [0.4, 0.5) is 0 Å². The smallest absolute Gasteiger partial charge is 0.0613 e. The van der Waals surface area contributed by atoms with E-state index in [0.29, 0.717) is 12.1 Å². The zero-order valence-corrected chi connectivity index (χ0v) is 12.3. The maximum absolute atomic E-state index is 5.82. The molecule has 4 atom stereocenters. The van der Waals surface area contributed by atoms with Gasteiger partial charge in [-0.15, -0.1) is 0 Å². The van der Waals surface area contributed by atoms with Crippen LogP contribution in [0.2, 0.25) is 0 Å². The lowest BCUT2D eigenvalue weighted by molar-refractivity contribution is 0.0712. The molecule has 2 saturated heterocycles. The van der Waals surface area contributed by atoms with Crippen molar-refractivity contribution in [3.05, 3.63) is 0 Å². The number of ether oxygens (including phenoxy) is 1. The molecule has 0 aliphatic carbocycles. The molecule has 2 fully saturated rings. The molecule has 3 heteroatoms. The van der Waals surface area contributed by atoms with Crippen molar-refractivity contribution in [2.75, 3.05) is 32.8 Å². The maximum Gasteiger partial charge on any atom is 0.0613 e. The van der Waals surface area contributed by atoms with Crippen molar-refractivity contribution < 1.29 is 4.74 Å². The van der Waals surface area contributed by atoms with Gasteiger partial charge in [0.25, 0.3) is 0 Å². The van der Waals surface area contributed by atoms with Crippen molar-refractivity contribution in [2.24, 2.45) is 11.8 Å². The lowest BCUT2D eigenvalue weighted by Crippen LogP contribution is -2.44. The third-order valence-corrected chi connectivity index (χ3v) is 4.50. The van der Waals surface area contributed by atoms with Gasteiger partial charge in [0.15, 0.2) is 0 Å². The van der Waals surface area contributed by atoms with Gasteiger partial charge in [-0.05, 0) is 51.1 Å². The van der Waals surface area contributed by atoms with Crippen LogP contribution in [0, 0.1) is 11.8 Å². The molecule has 106 valence electrons. The fourth-order valence-corrected chi connectivity index (χ4v) is 3.33. The Morgan fingerprint density at radius 2 is 2.11 bits per heavy atom. The molecule has 1 N–H and O–H groups in total. The Morgan fingerprint density at radius 1 is 1.28 bits per heavy atom. The average Bonchev–Trinajstić information content (AvgIpc) is 2.79. The first-order chi connectivity index (χ1) is 8.69. The first-order valence-electron chi connectivity index (χ1n) is 7.76. The van der Waals surface area contributed by atoms with Gasteiger partial charge in [-0.1, -0.05) is 13.8 Å². The highest BCUT2D eigenvalue weighted by Gasteiger charge is 2.29. The van der Waals surface area contributed by atoms with E-state index in [0.717, 1.165) is 25.0 Å². The van der Waals surface area contributed by atoms with E-state index >= 15 is 0 Å². The molecule has 0 spiro atoms. The van der Waals surface area contributed by atoms with E-state index in [9.17, 15) is 0 Å². The normalized spacial score (nSPS) is 39.5. The molecule has 3 nitrogen and oxygen atoms in total. The predicted molar refractivity (Wildman–Crippen MR) is 75.8 cm³/mol. The molecule has 0 bridgehead atoms. The summed E-state index contributed by atoms with van der Waals surface area (Å²) in [4.78, 5) is 2.68. The third kappa shape index (κ3) is 3.94. The average molecular weight is 254 g/mol. The molecular formula is C15H30N2O. The first-order valence-corrected chi connectivity index (χ1v) is 7.76. The first kappa shape index (κ1) is 14.3. The molecule has 0 aromatic heterocycles. The van der Waals surface area contributed by atoms with Crippen LogP contribution < -0.4 is 5.32 Å². The van der Waals surface area contributed by atoms with Gasteiger partial charge in [0.2, 0.25) is 0 Å². The fraction of sp³-hybridized carbons (Fsp3) is 1.00. The summed E-state index contributed by atoms with van der Waals surface area (Å²) in [5.74, 6) is 1.53. The molecule has 2 heterocycles. The van der Waals surface area contributed by atoms with Gasteiger partial charge < -0.3 is 15.0 Å². The second kappa shape index (κ2) is 6.88. The quantitative estimate of drug-likeness (QED) is 0.835. The molecular weight excluding hydrogens is 224 g/mol. The summed E-state index contributed by atoms with van der Waals surface area (Å²) >= 11 is 0. The second-order valence-corrected chi connectivity index (χ2v) is 6.33. The molecule has 0 radical (unpaired) electrons. The van der Waals surface area contributed by atoms with E-state index in [2.05, 4.69) is 31.0 Å². The SMILES string of the molecule is CCC1OCCC1CN1CCC(C)NCC(C)C1. The molecule has 0 aromatic carbocycles. The summed E-state index contributed by atoms with van der Waals surface area (Å²) in [6.45, 7) is 12.8. The number of rotatable bonds is 3. The Balaban J connectivity index is 1.85. The Morgan fingerprint density at radius 3 is 2.89 bits per heavy atom. The van der Waals surface area contributed by atoms with Crippen LogP contribution in [0.1, 0.15) is 40.0 Å². The Hall–Kier alpha value is -0.120. The van der Waals surface area contributed by atoms with E-state index < -0.39 is 0 Å². The summed E-state index contributed by atoms with van der Waals surface area (Å²) in [5, 5.41) is 3.62. The van der Waals surface area contributed by atoms with Crippen molar-refractivity contribution in [3.63, 3.8) is 0 Å². The Bertz CT molecular complexity index is 247. The lowest BCUT2D eigenvalue weighted by atomic mass is 9.97. The van der Waals surface area contributed by atoms with Crippen LogP contribution >= 0.6 is 0 Å². The molecule has 0 amide bonds. The van der Waals surface area contributed by atoms with Crippen LogP contribution in [0.25, 0.3) is 0 Å². The molecule has 0 aromatic rings. The van der Waals surface area contributed by atoms with Crippen molar-refractivity contribution in [2.45, 2.75) is 52.2 Å². The van der Waals surface area contributed by atoms with Crippen LogP contribution in [-0.2, 0) is 4.74 Å². The molecule has 2 aliphatic heterocycles. The van der Waals surface area contributed by atoms with Gasteiger partial charge in [0, 0.05) is 25.7 Å². The summed E-state index contributed by atoms with van der Waals surface area (Å²) in [7, 11) is 0. The van der Waals surface area contributed by atoms with Crippen molar-refractivity contribution in [3.8, 4) is 0 Å². The van der Waals surface area contributed by atoms with Crippen LogP contribution in [0.5, 0.6) is 0 Å². The van der Waals surface area contributed by atoms with Gasteiger partial charge in [-0.2, -0.15) is 0 Å². The zero-order chi connectivity index (χ0) is 13.0. The number of nitrogens with one attached hydrogen (secondary N) is 1. The van der Waals surface area contributed by atoms with E-state index in [1.807, 2.05) is 0 Å². The molecule has 18 heavy (non-hydrogen) atoms. The largest absolute Gasteiger partial charge is 0.378 e. The van der Waals surface area contributed by atoms with Gasteiger partial charge in [-0.3, -0.25) is 0 Å². The van der Waals surface area contributed by atoms with Crippen LogP contribution in [-0.4, -0.2) is 49.8 Å². The highest BCUT2D eigenvalue weighted by molar-refractivity contribution is 4.81. The number of nitrogens with zero attached hydrogens (tertiary/aromatic N) is 1. The van der Waals surface area contributed by atoms with E-state index in [1.54, 1.807) is 0 Å². The standard InChI is InChI=1S/C15H30N2O/c1-4-15-14(6-8-18-15)11-17-7-5-13(3)16-9-12(2)10-17/h12-16H,4-11H2,1-3H3.